The first kappa shape index (κ1) is 19.3. The van der Waals surface area contributed by atoms with Gasteiger partial charge < -0.3 is 14.4 Å². The summed E-state index contributed by atoms with van der Waals surface area (Å²) in [5.74, 6) is 0.511. The van der Waals surface area contributed by atoms with Crippen molar-refractivity contribution in [3.8, 4) is 0 Å². The summed E-state index contributed by atoms with van der Waals surface area (Å²) in [6.07, 6.45) is 2.36. The van der Waals surface area contributed by atoms with Crippen LogP contribution in [0.2, 0.25) is 0 Å². The lowest BCUT2D eigenvalue weighted by Crippen LogP contribution is -2.41. The molecule has 1 heterocycles. The third kappa shape index (κ3) is 8.25. The SMILES string of the molecule is C=O.CC1CCN(C)C[C@@H]1OC=O.CCc1ccccc1. The van der Waals surface area contributed by atoms with Gasteiger partial charge in [-0.1, -0.05) is 44.2 Å². The largest absolute Gasteiger partial charge is 0.463 e. The molecule has 4 heteroatoms. The lowest BCUT2D eigenvalue weighted by atomic mass is 9.96. The van der Waals surface area contributed by atoms with Crippen LogP contribution in [0.5, 0.6) is 0 Å². The highest BCUT2D eigenvalue weighted by Crippen LogP contribution is 2.17. The molecule has 1 aliphatic heterocycles. The molecule has 4 nitrogen and oxygen atoms in total. The van der Waals surface area contributed by atoms with Gasteiger partial charge in [-0.15, -0.1) is 0 Å². The monoisotopic (exact) mass is 293 g/mol. The van der Waals surface area contributed by atoms with E-state index in [1.54, 1.807) is 0 Å². The molecule has 118 valence electrons. The van der Waals surface area contributed by atoms with Crippen molar-refractivity contribution < 1.29 is 14.3 Å². The van der Waals surface area contributed by atoms with E-state index in [9.17, 15) is 4.79 Å². The molecule has 1 aliphatic rings. The van der Waals surface area contributed by atoms with E-state index in [-0.39, 0.29) is 6.10 Å². The Kier molecular flexibility index (Phi) is 11.1. The van der Waals surface area contributed by atoms with Gasteiger partial charge in [0.05, 0.1) is 0 Å². The van der Waals surface area contributed by atoms with E-state index in [0.717, 1.165) is 25.9 Å². The zero-order chi connectivity index (χ0) is 16.1. The van der Waals surface area contributed by atoms with Gasteiger partial charge in [0.15, 0.2) is 0 Å². The summed E-state index contributed by atoms with van der Waals surface area (Å²) in [4.78, 5) is 20.3. The summed E-state index contributed by atoms with van der Waals surface area (Å²) in [7, 11) is 2.05. The number of likely N-dealkylation sites (N-methyl/N-ethyl adjacent to an activating group) is 1. The summed E-state index contributed by atoms with van der Waals surface area (Å²) in [5.41, 5.74) is 1.41. The molecule has 1 aromatic rings. The van der Waals surface area contributed by atoms with Crippen molar-refractivity contribution in [3.05, 3.63) is 35.9 Å². The summed E-state index contributed by atoms with van der Waals surface area (Å²) < 4.78 is 4.94. The second-order valence-electron chi connectivity index (χ2n) is 5.14. The number of piperidine rings is 1. The van der Waals surface area contributed by atoms with Crippen molar-refractivity contribution in [2.75, 3.05) is 20.1 Å². The molecule has 1 unspecified atom stereocenters. The fourth-order valence-electron chi connectivity index (χ4n) is 2.15. The first-order chi connectivity index (χ1) is 10.2. The van der Waals surface area contributed by atoms with Crippen molar-refractivity contribution in [2.45, 2.75) is 32.8 Å². The van der Waals surface area contributed by atoms with Crippen LogP contribution in [0.3, 0.4) is 0 Å². The molecule has 0 spiro atoms. The quantitative estimate of drug-likeness (QED) is 0.804. The topological polar surface area (TPSA) is 46.6 Å². The molecule has 1 fully saturated rings. The molecule has 0 aromatic heterocycles. The maximum atomic E-state index is 10.1. The van der Waals surface area contributed by atoms with Crippen LogP contribution < -0.4 is 0 Å². The molecule has 2 atom stereocenters. The zero-order valence-electron chi connectivity index (χ0n) is 13.3. The second-order valence-corrected chi connectivity index (χ2v) is 5.14. The smallest absolute Gasteiger partial charge is 0.293 e. The number of carbonyl (C=O) groups is 2. The molecule has 0 bridgehead atoms. The Morgan fingerprint density at radius 3 is 2.43 bits per heavy atom. The van der Waals surface area contributed by atoms with E-state index >= 15 is 0 Å². The molecule has 0 saturated carbocycles. The van der Waals surface area contributed by atoms with Crippen LogP contribution in [0.1, 0.15) is 25.8 Å². The van der Waals surface area contributed by atoms with Crippen LogP contribution in [0, 0.1) is 5.92 Å². The number of aryl methyl sites for hydroxylation is 1. The summed E-state index contributed by atoms with van der Waals surface area (Å²) in [5, 5.41) is 0. The van der Waals surface area contributed by atoms with Gasteiger partial charge >= 0.3 is 0 Å². The van der Waals surface area contributed by atoms with Gasteiger partial charge in [-0.2, -0.15) is 0 Å². The Bertz CT molecular complexity index is 370. The van der Waals surface area contributed by atoms with Gasteiger partial charge in [-0.3, -0.25) is 4.79 Å². The van der Waals surface area contributed by atoms with E-state index in [0.29, 0.717) is 12.4 Å². The lowest BCUT2D eigenvalue weighted by Gasteiger charge is -2.33. The summed E-state index contributed by atoms with van der Waals surface area (Å²) in [6.45, 7) is 8.83. The number of benzene rings is 1. The first-order valence-electron chi connectivity index (χ1n) is 7.27. The highest BCUT2D eigenvalue weighted by Gasteiger charge is 2.24. The number of nitrogens with zero attached hydrogens (tertiary/aromatic N) is 1. The number of hydrogen-bond acceptors (Lipinski definition) is 4. The zero-order valence-corrected chi connectivity index (χ0v) is 13.3. The first-order valence-corrected chi connectivity index (χ1v) is 7.27. The van der Waals surface area contributed by atoms with Crippen LogP contribution in [-0.4, -0.2) is 44.4 Å². The average molecular weight is 293 g/mol. The fourth-order valence-corrected chi connectivity index (χ4v) is 2.15. The molecule has 0 N–H and O–H groups in total. The van der Waals surface area contributed by atoms with E-state index in [1.807, 2.05) is 19.9 Å². The lowest BCUT2D eigenvalue weighted by molar-refractivity contribution is -0.138. The van der Waals surface area contributed by atoms with E-state index in [1.165, 1.54) is 5.56 Å². The van der Waals surface area contributed by atoms with Gasteiger partial charge in [0.1, 0.15) is 12.9 Å². The molecule has 0 aliphatic carbocycles. The van der Waals surface area contributed by atoms with Crippen molar-refractivity contribution >= 4 is 13.3 Å². The Balaban J connectivity index is 0.000000354. The minimum atomic E-state index is 0.103. The minimum absolute atomic E-state index is 0.103. The van der Waals surface area contributed by atoms with Crippen molar-refractivity contribution in [2.24, 2.45) is 5.92 Å². The number of hydrogen-bond donors (Lipinski definition) is 0. The molecule has 1 saturated heterocycles. The van der Waals surface area contributed by atoms with Crippen LogP contribution in [-0.2, 0) is 20.7 Å². The normalized spacial score (nSPS) is 21.1. The standard InChI is InChI=1S/C8H15NO2.C8H10.CH2O/c1-7-3-4-9(2)5-8(7)11-6-10;1-2-8-6-4-3-5-7-8;1-2/h6-8H,3-5H2,1-2H3;3-7H,2H2,1H3;1H2/t7?,8-;;/m0../s1. The molecule has 0 radical (unpaired) electrons. The maximum absolute atomic E-state index is 10.1. The number of likely N-dealkylation sites (tertiary alicyclic amines) is 1. The van der Waals surface area contributed by atoms with Crippen molar-refractivity contribution in [1.82, 2.24) is 4.90 Å². The molecule has 21 heavy (non-hydrogen) atoms. The van der Waals surface area contributed by atoms with Crippen LogP contribution in [0.25, 0.3) is 0 Å². The summed E-state index contributed by atoms with van der Waals surface area (Å²) in [6, 6.07) is 10.5. The van der Waals surface area contributed by atoms with Crippen molar-refractivity contribution in [3.63, 3.8) is 0 Å². The van der Waals surface area contributed by atoms with Gasteiger partial charge in [0.25, 0.3) is 6.47 Å². The van der Waals surface area contributed by atoms with E-state index in [2.05, 4.69) is 43.0 Å². The predicted octanol–water partition coefficient (Wildman–Crippen LogP) is 2.56. The number of ether oxygens (including phenoxy) is 1. The second kappa shape index (κ2) is 12.1. The van der Waals surface area contributed by atoms with Crippen LogP contribution in [0.15, 0.2) is 30.3 Å². The predicted molar refractivity (Wildman–Crippen MR) is 85.2 cm³/mol. The summed E-state index contributed by atoms with van der Waals surface area (Å²) >= 11 is 0. The molecule has 0 amide bonds. The van der Waals surface area contributed by atoms with Crippen molar-refractivity contribution in [1.29, 1.82) is 0 Å². The third-order valence-electron chi connectivity index (χ3n) is 3.57. The molecular weight excluding hydrogens is 266 g/mol. The number of carbonyl (C=O) groups excluding carboxylic acids is 2. The van der Waals surface area contributed by atoms with Crippen LogP contribution in [0.4, 0.5) is 0 Å². The molecular formula is C17H27NO3. The maximum Gasteiger partial charge on any atom is 0.293 e. The average Bonchev–Trinajstić information content (AvgIpc) is 2.54. The highest BCUT2D eigenvalue weighted by atomic mass is 16.5. The van der Waals surface area contributed by atoms with Gasteiger partial charge in [0.2, 0.25) is 0 Å². The third-order valence-corrected chi connectivity index (χ3v) is 3.57. The molecule has 2 rings (SSSR count). The Labute approximate surface area is 128 Å². The fraction of sp³-hybridized carbons (Fsp3) is 0.529. The van der Waals surface area contributed by atoms with Gasteiger partial charge in [-0.25, -0.2) is 0 Å². The molecule has 1 aromatic carbocycles. The van der Waals surface area contributed by atoms with E-state index < -0.39 is 0 Å². The Hall–Kier alpha value is -1.68. The Morgan fingerprint density at radius 2 is 1.95 bits per heavy atom. The van der Waals surface area contributed by atoms with E-state index in [4.69, 9.17) is 9.53 Å². The minimum Gasteiger partial charge on any atom is -0.463 e. The van der Waals surface area contributed by atoms with Crippen LogP contribution >= 0.6 is 0 Å². The van der Waals surface area contributed by atoms with Gasteiger partial charge in [-0.05, 0) is 37.9 Å². The Morgan fingerprint density at radius 1 is 1.33 bits per heavy atom. The van der Waals surface area contributed by atoms with Gasteiger partial charge in [0, 0.05) is 6.54 Å². The number of rotatable bonds is 3. The highest BCUT2D eigenvalue weighted by molar-refractivity contribution is 5.37.